The first-order valence-electron chi connectivity index (χ1n) is 19.6. The largest absolute Gasteiger partial charge is 0.396 e. The molecule has 0 amide bonds. The van der Waals surface area contributed by atoms with Crippen LogP contribution in [0.25, 0.3) is 0 Å². The maximum absolute atomic E-state index is 9.14. The van der Waals surface area contributed by atoms with Crippen molar-refractivity contribution in [2.75, 3.05) is 6.61 Å². The number of unbranched alkanes of at least 4 members (excludes halogenated alkanes) is 20. The molecule has 0 fully saturated rings. The number of aliphatic hydroxyl groups is 1. The molecule has 0 aliphatic heterocycles. The zero-order chi connectivity index (χ0) is 31.2. The second-order valence-corrected chi connectivity index (χ2v) is 13.2. The lowest BCUT2D eigenvalue weighted by Crippen LogP contribution is -2.02. The Morgan fingerprint density at radius 1 is 0.349 bits per heavy atom. The van der Waals surface area contributed by atoms with E-state index in [4.69, 9.17) is 5.11 Å². The van der Waals surface area contributed by atoms with Crippen LogP contribution in [0, 0.1) is 5.92 Å². The van der Waals surface area contributed by atoms with Crippen molar-refractivity contribution in [3.8, 4) is 0 Å². The van der Waals surface area contributed by atoms with E-state index in [0.717, 1.165) is 25.2 Å². The predicted octanol–water partition coefficient (Wildman–Crippen LogP) is 14.6. The van der Waals surface area contributed by atoms with Gasteiger partial charge in [-0.05, 0) is 76.5 Å². The van der Waals surface area contributed by atoms with Crippen LogP contribution in [0.4, 0.5) is 0 Å². The Bertz CT molecular complexity index is 564. The molecule has 0 heterocycles. The smallest absolute Gasteiger partial charge is 0.0431 e. The first-order valence-corrected chi connectivity index (χ1v) is 19.6. The fraction of sp³-hybridized carbons (Fsp3) is 0.810. The van der Waals surface area contributed by atoms with Gasteiger partial charge in [-0.1, -0.05) is 184 Å². The van der Waals surface area contributed by atoms with Crippen molar-refractivity contribution in [3.05, 3.63) is 48.6 Å². The van der Waals surface area contributed by atoms with Crippen molar-refractivity contribution < 1.29 is 5.11 Å². The molecule has 1 heteroatoms. The third kappa shape index (κ3) is 37.0. The molecular weight excluding hydrogens is 520 g/mol. The minimum absolute atomic E-state index is 0.364. The summed E-state index contributed by atoms with van der Waals surface area (Å²) in [5.41, 5.74) is 0. The summed E-state index contributed by atoms with van der Waals surface area (Å²) >= 11 is 0. The summed E-state index contributed by atoms with van der Waals surface area (Å²) < 4.78 is 0. The van der Waals surface area contributed by atoms with Gasteiger partial charge in [0.1, 0.15) is 0 Å². The van der Waals surface area contributed by atoms with Crippen LogP contribution >= 0.6 is 0 Å². The van der Waals surface area contributed by atoms with Gasteiger partial charge in [0.2, 0.25) is 0 Å². The van der Waals surface area contributed by atoms with Crippen molar-refractivity contribution in [2.45, 2.75) is 206 Å². The van der Waals surface area contributed by atoms with Crippen LogP contribution in [-0.4, -0.2) is 11.7 Å². The molecule has 0 saturated heterocycles. The summed E-state index contributed by atoms with van der Waals surface area (Å²) in [5.74, 6) is 0.926. The minimum Gasteiger partial charge on any atom is -0.396 e. The lowest BCUT2D eigenvalue weighted by Gasteiger charge is -2.17. The summed E-state index contributed by atoms with van der Waals surface area (Å²) in [6.45, 7) is 4.90. The molecule has 0 saturated carbocycles. The summed E-state index contributed by atoms with van der Waals surface area (Å²) in [7, 11) is 0. The number of hydrogen-bond acceptors (Lipinski definition) is 1. The lowest BCUT2D eigenvalue weighted by molar-refractivity contribution is 0.278. The van der Waals surface area contributed by atoms with Gasteiger partial charge in [0.15, 0.2) is 0 Å². The van der Waals surface area contributed by atoms with Gasteiger partial charge in [-0.3, -0.25) is 0 Å². The van der Waals surface area contributed by atoms with Crippen LogP contribution in [-0.2, 0) is 0 Å². The van der Waals surface area contributed by atoms with Gasteiger partial charge < -0.3 is 5.11 Å². The van der Waals surface area contributed by atoms with Gasteiger partial charge >= 0.3 is 0 Å². The molecule has 0 spiro atoms. The van der Waals surface area contributed by atoms with E-state index in [9.17, 15) is 0 Å². The number of aliphatic hydroxyl groups excluding tert-OH is 1. The Hall–Kier alpha value is -1.08. The first kappa shape index (κ1) is 41.9. The molecule has 43 heavy (non-hydrogen) atoms. The quantitative estimate of drug-likeness (QED) is 0.0568. The zero-order valence-corrected chi connectivity index (χ0v) is 29.6. The molecular formula is C42H78O. The molecule has 1 nitrogen and oxygen atoms in total. The van der Waals surface area contributed by atoms with Gasteiger partial charge in [-0.15, -0.1) is 0 Å². The molecule has 0 rings (SSSR count). The van der Waals surface area contributed by atoms with E-state index in [-0.39, 0.29) is 0 Å². The van der Waals surface area contributed by atoms with Gasteiger partial charge in [-0.2, -0.15) is 0 Å². The Morgan fingerprint density at radius 2 is 0.651 bits per heavy atom. The molecule has 0 atom stereocenters. The topological polar surface area (TPSA) is 20.2 Å². The molecule has 0 aliphatic rings. The third-order valence-electron chi connectivity index (χ3n) is 8.90. The maximum atomic E-state index is 9.14. The fourth-order valence-corrected chi connectivity index (χ4v) is 6.00. The molecule has 252 valence electrons. The van der Waals surface area contributed by atoms with Crippen molar-refractivity contribution in [3.63, 3.8) is 0 Å². The van der Waals surface area contributed by atoms with Crippen LogP contribution < -0.4 is 0 Å². The average Bonchev–Trinajstić information content (AvgIpc) is 3.02. The molecule has 1 N–H and O–H groups in total. The summed E-state index contributed by atoms with van der Waals surface area (Å²) in [4.78, 5) is 0. The van der Waals surface area contributed by atoms with E-state index in [2.05, 4.69) is 62.5 Å². The van der Waals surface area contributed by atoms with Gasteiger partial charge in [0.25, 0.3) is 0 Å². The summed E-state index contributed by atoms with van der Waals surface area (Å²) in [6.07, 6.45) is 58.9. The molecule has 0 aromatic carbocycles. The standard InChI is InChI=1S/C42H78O/c1-3-5-7-9-11-13-15-17-19-21-23-25-27-29-31-34-38-42(40-36-33-37-41-43)39-35-32-30-28-26-24-22-20-18-16-14-12-10-8-6-4-2/h11-14,17-20,42-43H,3-10,15-16,21-41H2,1-2H3. The van der Waals surface area contributed by atoms with Crippen molar-refractivity contribution in [1.82, 2.24) is 0 Å². The van der Waals surface area contributed by atoms with Crippen LogP contribution in [0.1, 0.15) is 206 Å². The summed E-state index contributed by atoms with van der Waals surface area (Å²) in [5, 5.41) is 9.14. The van der Waals surface area contributed by atoms with Crippen LogP contribution in [0.5, 0.6) is 0 Å². The molecule has 0 aromatic heterocycles. The van der Waals surface area contributed by atoms with E-state index in [0.29, 0.717) is 6.61 Å². The van der Waals surface area contributed by atoms with Crippen molar-refractivity contribution in [2.24, 2.45) is 5.92 Å². The van der Waals surface area contributed by atoms with Gasteiger partial charge in [0.05, 0.1) is 0 Å². The first-order chi connectivity index (χ1) is 21.3. The highest BCUT2D eigenvalue weighted by atomic mass is 16.2. The summed E-state index contributed by atoms with van der Waals surface area (Å²) in [6, 6.07) is 0. The van der Waals surface area contributed by atoms with Gasteiger partial charge in [-0.25, -0.2) is 0 Å². The number of hydrogen-bond donors (Lipinski definition) is 1. The number of allylic oxidation sites excluding steroid dienone is 8. The van der Waals surface area contributed by atoms with E-state index in [1.807, 2.05) is 0 Å². The highest BCUT2D eigenvalue weighted by Gasteiger charge is 2.08. The highest BCUT2D eigenvalue weighted by Crippen LogP contribution is 2.24. The predicted molar refractivity (Wildman–Crippen MR) is 197 cm³/mol. The zero-order valence-electron chi connectivity index (χ0n) is 29.6. The van der Waals surface area contributed by atoms with Crippen LogP contribution in [0.3, 0.4) is 0 Å². The van der Waals surface area contributed by atoms with Crippen molar-refractivity contribution in [1.29, 1.82) is 0 Å². The van der Waals surface area contributed by atoms with E-state index in [1.54, 1.807) is 0 Å². The minimum atomic E-state index is 0.364. The second kappa shape index (κ2) is 38.9. The third-order valence-corrected chi connectivity index (χ3v) is 8.90. The lowest BCUT2D eigenvalue weighted by atomic mass is 9.89. The monoisotopic (exact) mass is 599 g/mol. The molecule has 0 unspecified atom stereocenters. The second-order valence-electron chi connectivity index (χ2n) is 13.2. The van der Waals surface area contributed by atoms with Crippen LogP contribution in [0.15, 0.2) is 48.6 Å². The molecule has 0 aliphatic carbocycles. The van der Waals surface area contributed by atoms with Crippen LogP contribution in [0.2, 0.25) is 0 Å². The van der Waals surface area contributed by atoms with E-state index >= 15 is 0 Å². The normalized spacial score (nSPS) is 13.1. The SMILES string of the molecule is CCCCCC=CCC=CCCCCCCCCC(CCCCCO)CCCCCCCCC=CCC=CCCCCC. The Balaban J connectivity index is 3.76. The Labute approximate surface area is 272 Å². The number of rotatable bonds is 35. The Morgan fingerprint density at radius 3 is 1.00 bits per heavy atom. The van der Waals surface area contributed by atoms with Gasteiger partial charge in [0, 0.05) is 6.61 Å². The maximum Gasteiger partial charge on any atom is 0.0431 e. The molecule has 0 bridgehead atoms. The molecule has 0 radical (unpaired) electrons. The van der Waals surface area contributed by atoms with E-state index in [1.165, 1.54) is 173 Å². The highest BCUT2D eigenvalue weighted by molar-refractivity contribution is 4.93. The average molecular weight is 599 g/mol. The molecule has 0 aromatic rings. The van der Waals surface area contributed by atoms with Crippen molar-refractivity contribution >= 4 is 0 Å². The Kier molecular flexibility index (Phi) is 38.0. The van der Waals surface area contributed by atoms with E-state index < -0.39 is 0 Å². The fourth-order valence-electron chi connectivity index (χ4n) is 6.00.